The topological polar surface area (TPSA) is 83.0 Å². The summed E-state index contributed by atoms with van der Waals surface area (Å²) in [5.74, 6) is -0.471. The van der Waals surface area contributed by atoms with Crippen LogP contribution < -0.4 is 5.73 Å². The van der Waals surface area contributed by atoms with Gasteiger partial charge in [0, 0.05) is 6.54 Å². The molecule has 0 fully saturated rings. The van der Waals surface area contributed by atoms with Gasteiger partial charge in [0.1, 0.15) is 12.2 Å². The first-order valence-corrected chi connectivity index (χ1v) is 9.62. The minimum atomic E-state index is -0.471. The van der Waals surface area contributed by atoms with E-state index in [1.165, 1.54) is 0 Å². The second-order valence-electron chi connectivity index (χ2n) is 6.71. The van der Waals surface area contributed by atoms with Crippen molar-refractivity contribution in [1.82, 2.24) is 14.8 Å². The van der Waals surface area contributed by atoms with Crippen LogP contribution in [0.3, 0.4) is 0 Å². The van der Waals surface area contributed by atoms with Crippen molar-refractivity contribution in [2.45, 2.75) is 39.7 Å². The summed E-state index contributed by atoms with van der Waals surface area (Å²) in [5.41, 5.74) is 9.28. The van der Waals surface area contributed by atoms with Crippen LogP contribution >= 0.6 is 0 Å². The van der Waals surface area contributed by atoms with E-state index in [0.29, 0.717) is 28.0 Å². The molecule has 6 nitrogen and oxygen atoms in total. The van der Waals surface area contributed by atoms with Crippen LogP contribution in [0.2, 0.25) is 0 Å². The summed E-state index contributed by atoms with van der Waals surface area (Å²) in [6, 6.07) is 9.84. The first-order chi connectivity index (χ1) is 13.6. The number of hydrogen-bond acceptors (Lipinski definition) is 5. The van der Waals surface area contributed by atoms with E-state index < -0.39 is 5.97 Å². The van der Waals surface area contributed by atoms with E-state index in [9.17, 15) is 4.79 Å². The molecule has 3 rings (SSSR count). The number of rotatable bonds is 8. The van der Waals surface area contributed by atoms with Gasteiger partial charge < -0.3 is 10.5 Å². The number of nitrogen functional groups attached to an aromatic ring is 1. The summed E-state index contributed by atoms with van der Waals surface area (Å²) in [5, 5.41) is 5.08. The summed E-state index contributed by atoms with van der Waals surface area (Å²) in [6.07, 6.45) is 8.70. The van der Waals surface area contributed by atoms with Crippen LogP contribution in [0.5, 0.6) is 0 Å². The Bertz CT molecular complexity index is 977. The SMILES string of the molecule is CCCCCn1ncc2c(N)c(C(=O)OCC=Cc3ccccc3)c(C)nc21. The Kier molecular flexibility index (Phi) is 6.42. The number of ether oxygens (including phenoxy) is 1. The molecule has 1 aromatic carbocycles. The van der Waals surface area contributed by atoms with Crippen molar-refractivity contribution < 1.29 is 9.53 Å². The van der Waals surface area contributed by atoms with Crippen LogP contribution in [-0.2, 0) is 11.3 Å². The number of hydrogen-bond donors (Lipinski definition) is 1. The number of fused-ring (bicyclic) bond motifs is 1. The smallest absolute Gasteiger partial charge is 0.342 e. The van der Waals surface area contributed by atoms with E-state index in [-0.39, 0.29) is 6.61 Å². The number of benzene rings is 1. The molecule has 0 saturated heterocycles. The van der Waals surface area contributed by atoms with Crippen molar-refractivity contribution in [3.05, 3.63) is 59.4 Å². The van der Waals surface area contributed by atoms with Crippen LogP contribution in [-0.4, -0.2) is 27.3 Å². The van der Waals surface area contributed by atoms with Gasteiger partial charge in [0.15, 0.2) is 5.65 Å². The van der Waals surface area contributed by atoms with Gasteiger partial charge >= 0.3 is 5.97 Å². The zero-order chi connectivity index (χ0) is 19.9. The highest BCUT2D eigenvalue weighted by Crippen LogP contribution is 2.26. The largest absolute Gasteiger partial charge is 0.458 e. The van der Waals surface area contributed by atoms with Gasteiger partial charge in [-0.15, -0.1) is 0 Å². The van der Waals surface area contributed by atoms with Gasteiger partial charge in [0.2, 0.25) is 0 Å². The average molecular weight is 378 g/mol. The van der Waals surface area contributed by atoms with Gasteiger partial charge in [-0.05, 0) is 25.0 Å². The molecule has 2 aromatic heterocycles. The molecule has 2 heterocycles. The fraction of sp³-hybridized carbons (Fsp3) is 0.318. The Balaban J connectivity index is 1.73. The number of unbranched alkanes of at least 4 members (excludes halogenated alkanes) is 2. The van der Waals surface area contributed by atoms with Crippen LogP contribution in [0, 0.1) is 6.92 Å². The normalized spacial score (nSPS) is 11.4. The molecule has 0 aliphatic heterocycles. The van der Waals surface area contributed by atoms with Gasteiger partial charge in [0.05, 0.1) is 23.0 Å². The van der Waals surface area contributed by atoms with Crippen LogP contribution in [0.15, 0.2) is 42.6 Å². The summed E-state index contributed by atoms with van der Waals surface area (Å²) < 4.78 is 7.23. The molecular weight excluding hydrogens is 352 g/mol. The van der Waals surface area contributed by atoms with Crippen LogP contribution in [0.1, 0.15) is 47.8 Å². The predicted octanol–water partition coefficient (Wildman–Crippen LogP) is 4.38. The number of pyridine rings is 1. The third-order valence-corrected chi connectivity index (χ3v) is 4.60. The lowest BCUT2D eigenvalue weighted by atomic mass is 10.1. The number of carbonyl (C=O) groups excluding carboxylic acids is 1. The van der Waals surface area contributed by atoms with Crippen molar-refractivity contribution in [2.75, 3.05) is 12.3 Å². The van der Waals surface area contributed by atoms with Gasteiger partial charge in [0.25, 0.3) is 0 Å². The summed E-state index contributed by atoms with van der Waals surface area (Å²) in [4.78, 5) is 17.1. The number of anilines is 1. The molecular formula is C22H26N4O2. The van der Waals surface area contributed by atoms with Crippen LogP contribution in [0.4, 0.5) is 5.69 Å². The zero-order valence-corrected chi connectivity index (χ0v) is 16.4. The highest BCUT2D eigenvalue weighted by Gasteiger charge is 2.20. The lowest BCUT2D eigenvalue weighted by Crippen LogP contribution is -2.12. The van der Waals surface area contributed by atoms with E-state index in [1.807, 2.05) is 41.1 Å². The molecule has 3 aromatic rings. The van der Waals surface area contributed by atoms with Crippen molar-refractivity contribution in [1.29, 1.82) is 0 Å². The van der Waals surface area contributed by atoms with Gasteiger partial charge in [-0.25, -0.2) is 14.5 Å². The first kappa shape index (κ1) is 19.6. The lowest BCUT2D eigenvalue weighted by molar-refractivity contribution is 0.0550. The molecule has 0 aliphatic rings. The maximum atomic E-state index is 12.6. The Labute approximate surface area is 165 Å². The van der Waals surface area contributed by atoms with Gasteiger partial charge in [-0.1, -0.05) is 56.2 Å². The van der Waals surface area contributed by atoms with Crippen molar-refractivity contribution in [2.24, 2.45) is 0 Å². The molecule has 146 valence electrons. The number of nitrogens with two attached hydrogens (primary N) is 1. The third kappa shape index (κ3) is 4.39. The molecule has 0 unspecified atom stereocenters. The number of aryl methyl sites for hydroxylation is 2. The van der Waals surface area contributed by atoms with E-state index in [2.05, 4.69) is 17.0 Å². The second kappa shape index (κ2) is 9.17. The molecule has 0 radical (unpaired) electrons. The Hall–Kier alpha value is -3.15. The van der Waals surface area contributed by atoms with Crippen LogP contribution in [0.25, 0.3) is 17.1 Å². The Morgan fingerprint density at radius 2 is 2.04 bits per heavy atom. The van der Waals surface area contributed by atoms with E-state index in [1.54, 1.807) is 19.2 Å². The Morgan fingerprint density at radius 3 is 2.79 bits per heavy atom. The molecule has 0 atom stereocenters. The van der Waals surface area contributed by atoms with E-state index in [4.69, 9.17) is 10.5 Å². The lowest BCUT2D eigenvalue weighted by Gasteiger charge is -2.10. The fourth-order valence-electron chi connectivity index (χ4n) is 3.11. The van der Waals surface area contributed by atoms with Crippen molar-refractivity contribution >= 4 is 28.8 Å². The molecule has 0 aliphatic carbocycles. The van der Waals surface area contributed by atoms with E-state index in [0.717, 1.165) is 31.4 Å². The molecule has 0 spiro atoms. The molecule has 2 N–H and O–H groups in total. The van der Waals surface area contributed by atoms with Gasteiger partial charge in [-0.2, -0.15) is 5.10 Å². The fourth-order valence-corrected chi connectivity index (χ4v) is 3.11. The quantitative estimate of drug-likeness (QED) is 0.464. The standard InChI is InChI=1S/C22H26N4O2/c1-3-4-8-13-26-21-18(15-24-26)20(23)19(16(2)25-21)22(27)28-14-9-12-17-10-6-5-7-11-17/h5-7,9-12,15H,3-4,8,13-14H2,1-2H3,(H2,23,25). The molecule has 0 bridgehead atoms. The minimum Gasteiger partial charge on any atom is -0.458 e. The maximum absolute atomic E-state index is 12.6. The summed E-state index contributed by atoms with van der Waals surface area (Å²) in [6.45, 7) is 4.89. The third-order valence-electron chi connectivity index (χ3n) is 4.60. The molecule has 6 heteroatoms. The van der Waals surface area contributed by atoms with E-state index >= 15 is 0 Å². The van der Waals surface area contributed by atoms with Crippen molar-refractivity contribution in [3.8, 4) is 0 Å². The number of aromatic nitrogens is 3. The highest BCUT2D eigenvalue weighted by molar-refractivity contribution is 6.04. The highest BCUT2D eigenvalue weighted by atomic mass is 16.5. The first-order valence-electron chi connectivity index (χ1n) is 9.62. The predicted molar refractivity (Wildman–Crippen MR) is 112 cm³/mol. The number of carbonyl (C=O) groups is 1. The molecule has 0 amide bonds. The monoisotopic (exact) mass is 378 g/mol. The molecule has 28 heavy (non-hydrogen) atoms. The Morgan fingerprint density at radius 1 is 1.25 bits per heavy atom. The molecule has 0 saturated carbocycles. The minimum absolute atomic E-state index is 0.168. The average Bonchev–Trinajstić information content (AvgIpc) is 3.09. The number of nitrogens with zero attached hydrogens (tertiary/aromatic N) is 3. The zero-order valence-electron chi connectivity index (χ0n) is 16.4. The summed E-state index contributed by atoms with van der Waals surface area (Å²) >= 11 is 0. The second-order valence-corrected chi connectivity index (χ2v) is 6.71. The summed E-state index contributed by atoms with van der Waals surface area (Å²) in [7, 11) is 0. The maximum Gasteiger partial charge on any atom is 0.342 e. The van der Waals surface area contributed by atoms with Gasteiger partial charge in [-0.3, -0.25) is 0 Å². The number of esters is 1. The van der Waals surface area contributed by atoms with Crippen molar-refractivity contribution in [3.63, 3.8) is 0 Å².